The highest BCUT2D eigenvalue weighted by Crippen LogP contribution is 2.40. The van der Waals surface area contributed by atoms with E-state index in [0.29, 0.717) is 15.7 Å². The van der Waals surface area contributed by atoms with Crippen LogP contribution in [0.25, 0.3) is 5.69 Å². The van der Waals surface area contributed by atoms with Crippen molar-refractivity contribution in [1.82, 2.24) is 14.8 Å². The molecule has 1 saturated carbocycles. The number of hydrogen-bond acceptors (Lipinski definition) is 2. The number of aromatic nitrogens is 3. The molecule has 5 heteroatoms. The van der Waals surface area contributed by atoms with E-state index in [1.54, 1.807) is 0 Å². The summed E-state index contributed by atoms with van der Waals surface area (Å²) in [5.41, 5.74) is 2.08. The summed E-state index contributed by atoms with van der Waals surface area (Å²) in [7, 11) is 0. The monoisotopic (exact) mass is 265 g/mol. The van der Waals surface area contributed by atoms with E-state index in [1.165, 1.54) is 12.8 Å². The van der Waals surface area contributed by atoms with Crippen molar-refractivity contribution >= 4 is 23.8 Å². The average Bonchev–Trinajstić information content (AvgIpc) is 3.07. The van der Waals surface area contributed by atoms with Gasteiger partial charge in [-0.2, -0.15) is 5.10 Å². The molecular weight excluding hydrogens is 254 g/mol. The van der Waals surface area contributed by atoms with Crippen molar-refractivity contribution in [2.75, 3.05) is 0 Å². The molecule has 0 atom stereocenters. The minimum Gasteiger partial charge on any atom is -0.270 e. The molecule has 1 fully saturated rings. The summed E-state index contributed by atoms with van der Waals surface area (Å²) in [4.78, 5) is 0. The smallest absolute Gasteiger partial charge is 0.199 e. The zero-order valence-electron chi connectivity index (χ0n) is 9.40. The van der Waals surface area contributed by atoms with Crippen molar-refractivity contribution in [3.05, 3.63) is 39.4 Å². The minimum atomic E-state index is 0.527. The number of benzene rings is 1. The van der Waals surface area contributed by atoms with Crippen LogP contribution in [0.5, 0.6) is 0 Å². The lowest BCUT2D eigenvalue weighted by atomic mass is 10.2. The van der Waals surface area contributed by atoms with Gasteiger partial charge in [0.15, 0.2) is 4.77 Å². The van der Waals surface area contributed by atoms with Gasteiger partial charge in [-0.05, 0) is 49.7 Å². The van der Waals surface area contributed by atoms with Gasteiger partial charge in [-0.1, -0.05) is 17.7 Å². The molecule has 3 rings (SSSR count). The number of rotatable bonds is 2. The van der Waals surface area contributed by atoms with Crippen molar-refractivity contribution in [3.63, 3.8) is 0 Å². The average molecular weight is 266 g/mol. The Bertz CT molecular complexity index is 625. The largest absolute Gasteiger partial charge is 0.270 e. The standard InChI is InChI=1S/C12H12ClN3S/c1-7-2-5-9(13)10(6-7)16-11(8-3-4-8)14-15-12(16)17/h2,5-6,8H,3-4H2,1H3,(H,15,17). The van der Waals surface area contributed by atoms with Crippen molar-refractivity contribution in [1.29, 1.82) is 0 Å². The molecule has 1 heterocycles. The van der Waals surface area contributed by atoms with E-state index in [9.17, 15) is 0 Å². The number of aromatic amines is 1. The van der Waals surface area contributed by atoms with Crippen LogP contribution in [0, 0.1) is 11.7 Å². The van der Waals surface area contributed by atoms with Gasteiger partial charge in [-0.15, -0.1) is 0 Å². The van der Waals surface area contributed by atoms with Crippen LogP contribution in [0.3, 0.4) is 0 Å². The Hall–Kier alpha value is -1.13. The molecule has 0 radical (unpaired) electrons. The molecule has 0 saturated heterocycles. The highest BCUT2D eigenvalue weighted by molar-refractivity contribution is 7.71. The predicted octanol–water partition coefficient (Wildman–Crippen LogP) is 3.77. The van der Waals surface area contributed by atoms with E-state index in [1.807, 2.05) is 29.7 Å². The summed E-state index contributed by atoms with van der Waals surface area (Å²) in [6.07, 6.45) is 2.37. The van der Waals surface area contributed by atoms with Crippen molar-refractivity contribution in [2.45, 2.75) is 25.7 Å². The molecule has 1 aromatic heterocycles. The third-order valence-electron chi connectivity index (χ3n) is 2.98. The van der Waals surface area contributed by atoms with E-state index in [0.717, 1.165) is 17.1 Å². The predicted molar refractivity (Wildman–Crippen MR) is 70.5 cm³/mol. The number of hydrogen-bond donors (Lipinski definition) is 1. The number of H-pyrrole nitrogens is 1. The van der Waals surface area contributed by atoms with E-state index in [2.05, 4.69) is 10.2 Å². The molecule has 1 aliphatic carbocycles. The summed E-state index contributed by atoms with van der Waals surface area (Å²) in [6, 6.07) is 5.93. The number of nitrogens with one attached hydrogen (secondary N) is 1. The zero-order valence-corrected chi connectivity index (χ0v) is 11.0. The summed E-state index contributed by atoms with van der Waals surface area (Å²) in [5, 5.41) is 7.88. The molecule has 3 nitrogen and oxygen atoms in total. The molecular formula is C12H12ClN3S. The fraction of sp³-hybridized carbons (Fsp3) is 0.333. The second-order valence-corrected chi connectivity index (χ2v) is 5.25. The van der Waals surface area contributed by atoms with Crippen molar-refractivity contribution in [2.24, 2.45) is 0 Å². The topological polar surface area (TPSA) is 33.6 Å². The maximum Gasteiger partial charge on any atom is 0.199 e. The summed E-state index contributed by atoms with van der Waals surface area (Å²) in [5.74, 6) is 1.53. The molecule has 0 aliphatic heterocycles. The lowest BCUT2D eigenvalue weighted by Crippen LogP contribution is -2.01. The van der Waals surface area contributed by atoms with Gasteiger partial charge < -0.3 is 0 Å². The van der Waals surface area contributed by atoms with Crippen LogP contribution in [0.4, 0.5) is 0 Å². The molecule has 0 unspecified atom stereocenters. The minimum absolute atomic E-state index is 0.527. The lowest BCUT2D eigenvalue weighted by Gasteiger charge is -2.09. The Balaban J connectivity index is 2.23. The first-order chi connectivity index (χ1) is 8.16. The normalized spacial score (nSPS) is 15.2. The molecule has 17 heavy (non-hydrogen) atoms. The Morgan fingerprint density at radius 3 is 2.94 bits per heavy atom. The molecule has 1 aromatic carbocycles. The Kier molecular flexibility index (Phi) is 2.56. The molecule has 0 amide bonds. The molecule has 0 spiro atoms. The van der Waals surface area contributed by atoms with E-state index >= 15 is 0 Å². The number of halogens is 1. The van der Waals surface area contributed by atoms with Gasteiger partial charge >= 0.3 is 0 Å². The third-order valence-corrected chi connectivity index (χ3v) is 3.58. The van der Waals surface area contributed by atoms with Crippen molar-refractivity contribution < 1.29 is 0 Å². The second kappa shape index (κ2) is 3.96. The third kappa shape index (κ3) is 1.91. The van der Waals surface area contributed by atoms with Gasteiger partial charge in [0.05, 0.1) is 10.7 Å². The van der Waals surface area contributed by atoms with Crippen LogP contribution in [0.15, 0.2) is 18.2 Å². The first kappa shape index (κ1) is 11.0. The molecule has 88 valence electrons. The summed E-state index contributed by atoms with van der Waals surface area (Å²) >= 11 is 11.5. The van der Waals surface area contributed by atoms with Gasteiger partial charge in [0.25, 0.3) is 0 Å². The second-order valence-electron chi connectivity index (χ2n) is 4.45. The molecule has 1 aliphatic rings. The van der Waals surface area contributed by atoms with Crippen LogP contribution >= 0.6 is 23.8 Å². The Morgan fingerprint density at radius 2 is 2.24 bits per heavy atom. The Morgan fingerprint density at radius 1 is 1.47 bits per heavy atom. The van der Waals surface area contributed by atoms with Crippen molar-refractivity contribution in [3.8, 4) is 5.69 Å². The fourth-order valence-electron chi connectivity index (χ4n) is 1.95. The maximum absolute atomic E-state index is 6.25. The van der Waals surface area contributed by atoms with E-state index in [-0.39, 0.29) is 0 Å². The lowest BCUT2D eigenvalue weighted by molar-refractivity contribution is 0.868. The number of nitrogens with zero attached hydrogens (tertiary/aromatic N) is 2. The van der Waals surface area contributed by atoms with Crippen LogP contribution in [0.1, 0.15) is 30.1 Å². The van der Waals surface area contributed by atoms with Gasteiger partial charge in [-0.3, -0.25) is 9.67 Å². The van der Waals surface area contributed by atoms with Gasteiger partial charge in [0, 0.05) is 5.92 Å². The first-order valence-corrected chi connectivity index (χ1v) is 6.39. The molecule has 1 N–H and O–H groups in total. The first-order valence-electron chi connectivity index (χ1n) is 5.60. The fourth-order valence-corrected chi connectivity index (χ4v) is 2.39. The molecule has 0 bridgehead atoms. The van der Waals surface area contributed by atoms with Crippen LogP contribution in [-0.2, 0) is 0 Å². The van der Waals surface area contributed by atoms with E-state index in [4.69, 9.17) is 23.8 Å². The Labute approximate surface area is 109 Å². The number of aryl methyl sites for hydroxylation is 1. The van der Waals surface area contributed by atoms with Crippen LogP contribution in [0.2, 0.25) is 5.02 Å². The summed E-state index contributed by atoms with van der Waals surface area (Å²) < 4.78 is 2.57. The quantitative estimate of drug-likeness (QED) is 0.839. The highest BCUT2D eigenvalue weighted by Gasteiger charge is 2.29. The van der Waals surface area contributed by atoms with E-state index < -0.39 is 0 Å². The molecule has 2 aromatic rings. The van der Waals surface area contributed by atoms with Gasteiger partial charge in [0.1, 0.15) is 5.82 Å². The maximum atomic E-state index is 6.25. The highest BCUT2D eigenvalue weighted by atomic mass is 35.5. The summed E-state index contributed by atoms with van der Waals surface area (Å²) in [6.45, 7) is 2.04. The van der Waals surface area contributed by atoms with Crippen LogP contribution in [-0.4, -0.2) is 14.8 Å². The SMILES string of the molecule is Cc1ccc(Cl)c(-n2c(C3CC3)n[nH]c2=S)c1. The van der Waals surface area contributed by atoms with Gasteiger partial charge in [0.2, 0.25) is 0 Å². The van der Waals surface area contributed by atoms with Gasteiger partial charge in [-0.25, -0.2) is 0 Å². The zero-order chi connectivity index (χ0) is 12.0. The van der Waals surface area contributed by atoms with Crippen LogP contribution < -0.4 is 0 Å².